The van der Waals surface area contributed by atoms with Crippen molar-refractivity contribution >= 4 is 0 Å². The Bertz CT molecular complexity index is 514. The van der Waals surface area contributed by atoms with Crippen LogP contribution in [0.25, 0.3) is 0 Å². The summed E-state index contributed by atoms with van der Waals surface area (Å²) in [6.45, 7) is 10.4. The molecule has 0 aliphatic carbocycles. The molecule has 2 atom stereocenters. The van der Waals surface area contributed by atoms with Crippen LogP contribution in [0.15, 0.2) is 48.5 Å². The van der Waals surface area contributed by atoms with Crippen LogP contribution in [0, 0.1) is 0 Å². The second-order valence-electron chi connectivity index (χ2n) is 6.53. The number of rotatable bonds is 8. The summed E-state index contributed by atoms with van der Waals surface area (Å²) >= 11 is 0. The van der Waals surface area contributed by atoms with Crippen molar-refractivity contribution in [2.45, 2.75) is 52.4 Å². The van der Waals surface area contributed by atoms with E-state index in [0.717, 1.165) is 26.1 Å². The summed E-state index contributed by atoms with van der Waals surface area (Å²) in [7, 11) is 0. The quantitative estimate of drug-likeness (QED) is 0.604. The standard InChI is InChI=1S/C22H30O/c1-5-19-7-11-21(12-8-19)17(3)15-23-16-18(4)22-13-9-20(6-2)10-14-22/h7-14,17-18H,5-6,15-16H2,1-4H3. The fourth-order valence-electron chi connectivity index (χ4n) is 2.78. The molecule has 0 radical (unpaired) electrons. The van der Waals surface area contributed by atoms with Crippen LogP contribution in [0.5, 0.6) is 0 Å². The van der Waals surface area contributed by atoms with Gasteiger partial charge < -0.3 is 4.74 Å². The Hall–Kier alpha value is -1.60. The van der Waals surface area contributed by atoms with E-state index in [4.69, 9.17) is 4.74 Å². The lowest BCUT2D eigenvalue weighted by Crippen LogP contribution is -2.10. The van der Waals surface area contributed by atoms with Crippen LogP contribution >= 0.6 is 0 Å². The van der Waals surface area contributed by atoms with Crippen molar-refractivity contribution in [3.63, 3.8) is 0 Å². The van der Waals surface area contributed by atoms with Gasteiger partial charge in [0.15, 0.2) is 0 Å². The average molecular weight is 310 g/mol. The Labute approximate surface area is 141 Å². The molecule has 0 saturated carbocycles. The topological polar surface area (TPSA) is 9.23 Å². The highest BCUT2D eigenvalue weighted by Crippen LogP contribution is 2.20. The first kappa shape index (κ1) is 17.7. The first-order chi connectivity index (χ1) is 11.1. The largest absolute Gasteiger partial charge is 0.380 e. The van der Waals surface area contributed by atoms with Gasteiger partial charge in [-0.2, -0.15) is 0 Å². The molecule has 23 heavy (non-hydrogen) atoms. The normalized spacial score (nSPS) is 13.7. The van der Waals surface area contributed by atoms with Gasteiger partial charge in [-0.1, -0.05) is 76.2 Å². The van der Waals surface area contributed by atoms with E-state index in [2.05, 4.69) is 76.2 Å². The van der Waals surface area contributed by atoms with Crippen molar-refractivity contribution in [3.05, 3.63) is 70.8 Å². The van der Waals surface area contributed by atoms with Gasteiger partial charge in [-0.3, -0.25) is 0 Å². The molecule has 0 heterocycles. The van der Waals surface area contributed by atoms with Crippen LogP contribution in [0.3, 0.4) is 0 Å². The fraction of sp³-hybridized carbons (Fsp3) is 0.455. The molecule has 0 aliphatic heterocycles. The van der Waals surface area contributed by atoms with Crippen LogP contribution in [0.2, 0.25) is 0 Å². The molecule has 0 saturated heterocycles. The van der Waals surface area contributed by atoms with Gasteiger partial charge in [0.25, 0.3) is 0 Å². The van der Waals surface area contributed by atoms with Crippen molar-refractivity contribution in [1.29, 1.82) is 0 Å². The molecule has 1 heteroatoms. The Morgan fingerprint density at radius 3 is 1.30 bits per heavy atom. The van der Waals surface area contributed by atoms with E-state index in [1.54, 1.807) is 0 Å². The van der Waals surface area contributed by atoms with Crippen molar-refractivity contribution in [2.75, 3.05) is 13.2 Å². The molecular formula is C22H30O. The van der Waals surface area contributed by atoms with Crippen molar-refractivity contribution in [2.24, 2.45) is 0 Å². The highest BCUT2D eigenvalue weighted by molar-refractivity contribution is 5.26. The lowest BCUT2D eigenvalue weighted by Gasteiger charge is -2.16. The molecule has 2 aromatic rings. The first-order valence-electron chi connectivity index (χ1n) is 8.89. The van der Waals surface area contributed by atoms with Gasteiger partial charge in [0, 0.05) is 11.8 Å². The molecule has 0 aliphatic rings. The molecule has 0 amide bonds. The molecule has 1 nitrogen and oxygen atoms in total. The second-order valence-corrected chi connectivity index (χ2v) is 6.53. The first-order valence-corrected chi connectivity index (χ1v) is 8.89. The summed E-state index contributed by atoms with van der Waals surface area (Å²) in [5.41, 5.74) is 5.52. The molecular weight excluding hydrogens is 280 g/mol. The van der Waals surface area contributed by atoms with Crippen LogP contribution in [0.4, 0.5) is 0 Å². The van der Waals surface area contributed by atoms with Gasteiger partial charge >= 0.3 is 0 Å². The summed E-state index contributed by atoms with van der Waals surface area (Å²) in [4.78, 5) is 0. The van der Waals surface area contributed by atoms with Gasteiger partial charge in [-0.05, 0) is 35.1 Å². The summed E-state index contributed by atoms with van der Waals surface area (Å²) in [5, 5.41) is 0. The molecule has 124 valence electrons. The third-order valence-electron chi connectivity index (χ3n) is 4.65. The maximum absolute atomic E-state index is 5.98. The SMILES string of the molecule is CCc1ccc(C(C)COCC(C)c2ccc(CC)cc2)cc1. The zero-order chi connectivity index (χ0) is 16.7. The van der Waals surface area contributed by atoms with Crippen molar-refractivity contribution < 1.29 is 4.74 Å². The zero-order valence-corrected chi connectivity index (χ0v) is 15.0. The third kappa shape index (κ3) is 5.21. The predicted octanol–water partition coefficient (Wildman–Crippen LogP) is 5.74. The summed E-state index contributed by atoms with van der Waals surface area (Å²) in [6.07, 6.45) is 2.19. The second kappa shape index (κ2) is 8.88. The Morgan fingerprint density at radius 1 is 0.652 bits per heavy atom. The van der Waals surface area contributed by atoms with Gasteiger partial charge in [0.1, 0.15) is 0 Å². The van der Waals surface area contributed by atoms with E-state index >= 15 is 0 Å². The molecule has 0 bridgehead atoms. The minimum Gasteiger partial charge on any atom is -0.380 e. The lowest BCUT2D eigenvalue weighted by atomic mass is 9.99. The molecule has 0 aromatic heterocycles. The minimum absolute atomic E-state index is 0.440. The molecule has 2 unspecified atom stereocenters. The number of ether oxygens (including phenoxy) is 1. The number of hydrogen-bond donors (Lipinski definition) is 0. The number of benzene rings is 2. The van der Waals surface area contributed by atoms with E-state index in [0.29, 0.717) is 11.8 Å². The summed E-state index contributed by atoms with van der Waals surface area (Å²) < 4.78 is 5.98. The minimum atomic E-state index is 0.440. The maximum Gasteiger partial charge on any atom is 0.0532 e. The Balaban J connectivity index is 1.80. The monoisotopic (exact) mass is 310 g/mol. The van der Waals surface area contributed by atoms with Crippen LogP contribution in [-0.2, 0) is 17.6 Å². The summed E-state index contributed by atoms with van der Waals surface area (Å²) in [6, 6.07) is 17.8. The smallest absolute Gasteiger partial charge is 0.0532 e. The van der Waals surface area contributed by atoms with Crippen LogP contribution < -0.4 is 0 Å². The lowest BCUT2D eigenvalue weighted by molar-refractivity contribution is 0.113. The van der Waals surface area contributed by atoms with E-state index in [-0.39, 0.29) is 0 Å². The highest BCUT2D eigenvalue weighted by atomic mass is 16.5. The summed E-state index contributed by atoms with van der Waals surface area (Å²) in [5.74, 6) is 0.881. The molecule has 0 spiro atoms. The Kier molecular flexibility index (Phi) is 6.85. The molecule has 0 N–H and O–H groups in total. The van der Waals surface area contributed by atoms with Gasteiger partial charge in [0.2, 0.25) is 0 Å². The maximum atomic E-state index is 5.98. The van der Waals surface area contributed by atoms with E-state index in [1.807, 2.05) is 0 Å². The number of aryl methyl sites for hydroxylation is 2. The average Bonchev–Trinajstić information content (AvgIpc) is 2.61. The van der Waals surface area contributed by atoms with Gasteiger partial charge in [-0.15, -0.1) is 0 Å². The highest BCUT2D eigenvalue weighted by Gasteiger charge is 2.09. The van der Waals surface area contributed by atoms with E-state index in [1.165, 1.54) is 22.3 Å². The van der Waals surface area contributed by atoms with Crippen LogP contribution in [-0.4, -0.2) is 13.2 Å². The zero-order valence-electron chi connectivity index (χ0n) is 15.0. The van der Waals surface area contributed by atoms with Gasteiger partial charge in [-0.25, -0.2) is 0 Å². The van der Waals surface area contributed by atoms with Gasteiger partial charge in [0.05, 0.1) is 13.2 Å². The van der Waals surface area contributed by atoms with Crippen molar-refractivity contribution in [3.8, 4) is 0 Å². The molecule has 0 fully saturated rings. The van der Waals surface area contributed by atoms with E-state index in [9.17, 15) is 0 Å². The van der Waals surface area contributed by atoms with Crippen LogP contribution in [0.1, 0.15) is 61.8 Å². The number of hydrogen-bond acceptors (Lipinski definition) is 1. The fourth-order valence-corrected chi connectivity index (χ4v) is 2.78. The van der Waals surface area contributed by atoms with E-state index < -0.39 is 0 Å². The molecule has 2 aromatic carbocycles. The molecule has 2 rings (SSSR count). The third-order valence-corrected chi connectivity index (χ3v) is 4.65. The Morgan fingerprint density at radius 2 is 1.00 bits per heavy atom. The predicted molar refractivity (Wildman–Crippen MR) is 99.3 cm³/mol. The van der Waals surface area contributed by atoms with Crippen molar-refractivity contribution in [1.82, 2.24) is 0 Å².